The Labute approximate surface area is 127 Å². The first kappa shape index (κ1) is 14.9. The van der Waals surface area contributed by atoms with Crippen molar-refractivity contribution in [1.29, 1.82) is 0 Å². The van der Waals surface area contributed by atoms with E-state index in [-0.39, 0.29) is 0 Å². The summed E-state index contributed by atoms with van der Waals surface area (Å²) in [5, 5.41) is 1.46. The van der Waals surface area contributed by atoms with E-state index in [9.17, 15) is 0 Å². The van der Waals surface area contributed by atoms with Gasteiger partial charge in [0.05, 0.1) is 6.61 Å². The largest absolute Gasteiger partial charge is 0.476 e. The second-order valence-corrected chi connectivity index (χ2v) is 5.50. The molecule has 0 saturated carbocycles. The standard InChI is InChI=1S/C14H16ClN3OS/c1-2-7-19-13-12(16)14(18-9-17-13)20-8-10-5-3-4-6-11(10)15/h3-6,9H,2,7-8,16H2,1H3. The van der Waals surface area contributed by atoms with Gasteiger partial charge < -0.3 is 10.5 Å². The van der Waals surface area contributed by atoms with Crippen LogP contribution in [0.3, 0.4) is 0 Å². The molecule has 0 amide bonds. The van der Waals surface area contributed by atoms with Crippen molar-refractivity contribution in [3.05, 3.63) is 41.2 Å². The van der Waals surface area contributed by atoms with Gasteiger partial charge in [0, 0.05) is 10.8 Å². The summed E-state index contributed by atoms with van der Waals surface area (Å²) >= 11 is 7.65. The zero-order valence-corrected chi connectivity index (χ0v) is 12.7. The molecule has 1 aromatic heterocycles. The third-order valence-electron chi connectivity index (χ3n) is 2.58. The van der Waals surface area contributed by atoms with Crippen molar-refractivity contribution in [2.24, 2.45) is 0 Å². The molecule has 0 atom stereocenters. The van der Waals surface area contributed by atoms with Gasteiger partial charge in [-0.1, -0.05) is 48.5 Å². The van der Waals surface area contributed by atoms with Gasteiger partial charge in [0.25, 0.3) is 0 Å². The predicted octanol–water partition coefficient (Wildman–Crippen LogP) is 3.79. The molecule has 20 heavy (non-hydrogen) atoms. The molecule has 2 aromatic rings. The fourth-order valence-corrected chi connectivity index (χ4v) is 2.74. The second kappa shape index (κ2) is 7.36. The zero-order valence-electron chi connectivity index (χ0n) is 11.2. The molecule has 0 aliphatic rings. The van der Waals surface area contributed by atoms with Crippen LogP contribution in [-0.4, -0.2) is 16.6 Å². The maximum absolute atomic E-state index is 6.13. The Morgan fingerprint density at radius 1 is 1.30 bits per heavy atom. The van der Waals surface area contributed by atoms with Crippen LogP contribution in [0.15, 0.2) is 35.6 Å². The molecule has 0 spiro atoms. The van der Waals surface area contributed by atoms with Crippen LogP contribution in [0, 0.1) is 0 Å². The van der Waals surface area contributed by atoms with E-state index >= 15 is 0 Å². The van der Waals surface area contributed by atoms with E-state index < -0.39 is 0 Å². The molecule has 6 heteroatoms. The molecule has 2 rings (SSSR count). The van der Waals surface area contributed by atoms with Crippen molar-refractivity contribution in [2.75, 3.05) is 12.3 Å². The van der Waals surface area contributed by atoms with Crippen LogP contribution in [0.5, 0.6) is 5.88 Å². The highest BCUT2D eigenvalue weighted by Crippen LogP contribution is 2.32. The summed E-state index contributed by atoms with van der Waals surface area (Å²) < 4.78 is 5.49. The molecule has 0 aliphatic heterocycles. The summed E-state index contributed by atoms with van der Waals surface area (Å²) in [5.41, 5.74) is 7.56. The van der Waals surface area contributed by atoms with Gasteiger partial charge >= 0.3 is 0 Å². The quantitative estimate of drug-likeness (QED) is 0.649. The molecular formula is C14H16ClN3OS. The Kier molecular flexibility index (Phi) is 5.49. The van der Waals surface area contributed by atoms with E-state index in [0.29, 0.717) is 29.0 Å². The van der Waals surface area contributed by atoms with Gasteiger partial charge in [-0.2, -0.15) is 4.98 Å². The van der Waals surface area contributed by atoms with E-state index in [2.05, 4.69) is 9.97 Å². The van der Waals surface area contributed by atoms with Gasteiger partial charge in [-0.15, -0.1) is 0 Å². The van der Waals surface area contributed by atoms with Gasteiger partial charge in [-0.3, -0.25) is 0 Å². The third-order valence-corrected chi connectivity index (χ3v) is 4.00. The highest BCUT2D eigenvalue weighted by molar-refractivity contribution is 7.98. The molecule has 106 valence electrons. The van der Waals surface area contributed by atoms with Crippen LogP contribution in [0.4, 0.5) is 5.69 Å². The Morgan fingerprint density at radius 2 is 2.10 bits per heavy atom. The smallest absolute Gasteiger partial charge is 0.241 e. The second-order valence-electron chi connectivity index (χ2n) is 4.13. The lowest BCUT2D eigenvalue weighted by Gasteiger charge is -2.09. The summed E-state index contributed by atoms with van der Waals surface area (Å²) in [6, 6.07) is 7.73. The van der Waals surface area contributed by atoms with Gasteiger partial charge in [-0.05, 0) is 18.1 Å². The molecule has 0 unspecified atom stereocenters. The van der Waals surface area contributed by atoms with Crippen molar-refractivity contribution < 1.29 is 4.74 Å². The number of thioether (sulfide) groups is 1. The molecule has 1 aromatic carbocycles. The summed E-state index contributed by atoms with van der Waals surface area (Å²) in [6.07, 6.45) is 2.38. The Hall–Kier alpha value is -1.46. The van der Waals surface area contributed by atoms with E-state index in [1.165, 1.54) is 18.1 Å². The monoisotopic (exact) mass is 309 g/mol. The van der Waals surface area contributed by atoms with Crippen LogP contribution in [-0.2, 0) is 5.75 Å². The van der Waals surface area contributed by atoms with E-state index in [1.54, 1.807) is 0 Å². The number of aromatic nitrogens is 2. The van der Waals surface area contributed by atoms with Gasteiger partial charge in [-0.25, -0.2) is 4.98 Å². The minimum Gasteiger partial charge on any atom is -0.476 e. The Bertz CT molecular complexity index is 580. The molecule has 0 saturated heterocycles. The van der Waals surface area contributed by atoms with Gasteiger partial charge in [0.1, 0.15) is 17.0 Å². The average molecular weight is 310 g/mol. The molecule has 0 bridgehead atoms. The molecule has 0 aliphatic carbocycles. The van der Waals surface area contributed by atoms with Crippen LogP contribution < -0.4 is 10.5 Å². The van der Waals surface area contributed by atoms with Crippen LogP contribution in [0.2, 0.25) is 5.02 Å². The van der Waals surface area contributed by atoms with Gasteiger partial charge in [0.15, 0.2) is 0 Å². The first-order chi connectivity index (χ1) is 9.72. The fraction of sp³-hybridized carbons (Fsp3) is 0.286. The van der Waals surface area contributed by atoms with E-state index in [4.69, 9.17) is 22.1 Å². The minimum absolute atomic E-state index is 0.448. The number of benzene rings is 1. The maximum atomic E-state index is 6.13. The van der Waals surface area contributed by atoms with Crippen LogP contribution in [0.1, 0.15) is 18.9 Å². The Morgan fingerprint density at radius 3 is 2.85 bits per heavy atom. The SMILES string of the molecule is CCCOc1ncnc(SCc2ccccc2Cl)c1N. The normalized spacial score (nSPS) is 10.5. The highest BCUT2D eigenvalue weighted by Gasteiger charge is 2.10. The molecule has 0 radical (unpaired) electrons. The Balaban J connectivity index is 2.08. The number of nitrogens with zero attached hydrogens (tertiary/aromatic N) is 2. The van der Waals surface area contributed by atoms with Crippen molar-refractivity contribution >= 4 is 29.1 Å². The molecule has 1 heterocycles. The van der Waals surface area contributed by atoms with Crippen molar-refractivity contribution in [2.45, 2.75) is 24.1 Å². The first-order valence-corrected chi connectivity index (χ1v) is 7.68. The average Bonchev–Trinajstić information content (AvgIpc) is 2.46. The van der Waals surface area contributed by atoms with Crippen molar-refractivity contribution in [1.82, 2.24) is 9.97 Å². The van der Waals surface area contributed by atoms with Crippen molar-refractivity contribution in [3.8, 4) is 5.88 Å². The number of hydrogen-bond donors (Lipinski definition) is 1. The summed E-state index contributed by atoms with van der Waals surface area (Å²) in [7, 11) is 0. The lowest BCUT2D eigenvalue weighted by Crippen LogP contribution is -2.03. The minimum atomic E-state index is 0.448. The van der Waals surface area contributed by atoms with E-state index in [0.717, 1.165) is 17.0 Å². The molecular weight excluding hydrogens is 294 g/mol. The summed E-state index contributed by atoms with van der Waals surface area (Å²) in [5.74, 6) is 1.15. The third kappa shape index (κ3) is 3.77. The van der Waals surface area contributed by atoms with E-state index in [1.807, 2.05) is 31.2 Å². The van der Waals surface area contributed by atoms with Crippen molar-refractivity contribution in [3.63, 3.8) is 0 Å². The lowest BCUT2D eigenvalue weighted by molar-refractivity contribution is 0.305. The highest BCUT2D eigenvalue weighted by atomic mass is 35.5. The predicted molar refractivity (Wildman–Crippen MR) is 83.2 cm³/mol. The molecule has 4 nitrogen and oxygen atoms in total. The number of nitrogens with two attached hydrogens (primary N) is 1. The number of anilines is 1. The topological polar surface area (TPSA) is 61.0 Å². The number of halogens is 1. The molecule has 2 N–H and O–H groups in total. The zero-order chi connectivity index (χ0) is 14.4. The number of nitrogen functional groups attached to an aromatic ring is 1. The summed E-state index contributed by atoms with van der Waals surface area (Å²) in [4.78, 5) is 8.25. The van der Waals surface area contributed by atoms with Gasteiger partial charge in [0.2, 0.25) is 5.88 Å². The van der Waals surface area contributed by atoms with Crippen LogP contribution >= 0.6 is 23.4 Å². The fourth-order valence-electron chi connectivity index (χ4n) is 1.55. The number of rotatable bonds is 6. The first-order valence-electron chi connectivity index (χ1n) is 6.31. The van der Waals surface area contributed by atoms with Crippen LogP contribution in [0.25, 0.3) is 0 Å². The maximum Gasteiger partial charge on any atom is 0.241 e. The molecule has 0 fully saturated rings. The number of ether oxygens (including phenoxy) is 1. The lowest BCUT2D eigenvalue weighted by atomic mass is 10.2. The number of hydrogen-bond acceptors (Lipinski definition) is 5. The summed E-state index contributed by atoms with van der Waals surface area (Å²) in [6.45, 7) is 2.63.